The van der Waals surface area contributed by atoms with Crippen molar-refractivity contribution in [2.45, 2.75) is 13.3 Å². The molecule has 0 saturated heterocycles. The van der Waals surface area contributed by atoms with E-state index in [1.54, 1.807) is 0 Å². The van der Waals surface area contributed by atoms with Gasteiger partial charge >= 0.3 is 0 Å². The highest BCUT2D eigenvalue weighted by Gasteiger charge is 2.14. The summed E-state index contributed by atoms with van der Waals surface area (Å²) in [6.45, 7) is 2.01. The van der Waals surface area contributed by atoms with Crippen LogP contribution in [-0.4, -0.2) is 12.0 Å². The number of benzene rings is 1. The molecule has 0 spiro atoms. The van der Waals surface area contributed by atoms with Gasteiger partial charge in [0.15, 0.2) is 5.78 Å². The van der Waals surface area contributed by atoms with Crippen molar-refractivity contribution in [2.24, 2.45) is 4.99 Å². The lowest BCUT2D eigenvalue weighted by atomic mass is 10.0. The molecule has 0 amide bonds. The maximum Gasteiger partial charge on any atom is 0.178 e. The van der Waals surface area contributed by atoms with Crippen molar-refractivity contribution in [3.05, 3.63) is 27.7 Å². The molecule has 0 radical (unpaired) electrons. The second-order valence-corrected chi connectivity index (χ2v) is 4.01. The predicted molar refractivity (Wildman–Crippen MR) is 55.7 cm³/mol. The number of nitrogens with zero attached hydrogens (tertiary/aromatic N) is 1. The van der Waals surface area contributed by atoms with Crippen LogP contribution in [0.4, 0.5) is 5.69 Å². The minimum absolute atomic E-state index is 0.0741. The molecule has 0 bridgehead atoms. The van der Waals surface area contributed by atoms with Gasteiger partial charge in [0.2, 0.25) is 0 Å². The monoisotopic (exact) mass is 237 g/mol. The number of rotatable bonds is 0. The summed E-state index contributed by atoms with van der Waals surface area (Å²) in [6, 6.07) is 4.01. The molecule has 1 aromatic rings. The number of carbonyl (C=O) groups is 1. The highest BCUT2D eigenvalue weighted by atomic mass is 79.9. The third-order valence-electron chi connectivity index (χ3n) is 1.99. The SMILES string of the molecule is Cc1cc(Br)c2c(c1)CC(=O)C=N2. The van der Waals surface area contributed by atoms with E-state index in [4.69, 9.17) is 0 Å². The lowest BCUT2D eigenvalue weighted by molar-refractivity contribution is -0.112. The van der Waals surface area contributed by atoms with Crippen molar-refractivity contribution in [3.63, 3.8) is 0 Å². The fourth-order valence-electron chi connectivity index (χ4n) is 1.46. The second-order valence-electron chi connectivity index (χ2n) is 3.16. The van der Waals surface area contributed by atoms with Crippen LogP contribution in [0.3, 0.4) is 0 Å². The van der Waals surface area contributed by atoms with Crippen LogP contribution in [0, 0.1) is 6.92 Å². The smallest absolute Gasteiger partial charge is 0.178 e. The first-order valence-electron chi connectivity index (χ1n) is 4.03. The first-order valence-corrected chi connectivity index (χ1v) is 4.82. The summed E-state index contributed by atoms with van der Waals surface area (Å²) in [4.78, 5) is 15.2. The molecule has 0 N–H and O–H groups in total. The minimum atomic E-state index is 0.0741. The Morgan fingerprint density at radius 2 is 2.23 bits per heavy atom. The van der Waals surface area contributed by atoms with Crippen LogP contribution in [0.1, 0.15) is 11.1 Å². The summed E-state index contributed by atoms with van der Waals surface area (Å²) in [7, 11) is 0. The number of halogens is 1. The van der Waals surface area contributed by atoms with E-state index < -0.39 is 0 Å². The van der Waals surface area contributed by atoms with Gasteiger partial charge in [0.1, 0.15) is 0 Å². The van der Waals surface area contributed by atoms with Crippen LogP contribution < -0.4 is 0 Å². The van der Waals surface area contributed by atoms with Crippen LogP contribution >= 0.6 is 15.9 Å². The predicted octanol–water partition coefficient (Wildman–Crippen LogP) is 2.59. The normalized spacial score (nSPS) is 14.5. The molecule has 1 aromatic carbocycles. The van der Waals surface area contributed by atoms with Crippen LogP contribution in [0.5, 0.6) is 0 Å². The van der Waals surface area contributed by atoms with Gasteiger partial charge < -0.3 is 0 Å². The van der Waals surface area contributed by atoms with Crippen LogP contribution in [0.2, 0.25) is 0 Å². The van der Waals surface area contributed by atoms with Crippen molar-refractivity contribution >= 4 is 33.6 Å². The molecular formula is C10H8BrNO. The molecule has 1 aliphatic heterocycles. The minimum Gasteiger partial charge on any atom is -0.293 e. The van der Waals surface area contributed by atoms with Gasteiger partial charge in [-0.05, 0) is 40.0 Å². The molecule has 2 nitrogen and oxygen atoms in total. The van der Waals surface area contributed by atoms with Crippen LogP contribution in [0.25, 0.3) is 0 Å². The van der Waals surface area contributed by atoms with E-state index in [0.717, 1.165) is 21.3 Å². The molecule has 0 saturated carbocycles. The van der Waals surface area contributed by atoms with Crippen molar-refractivity contribution in [1.29, 1.82) is 0 Å². The summed E-state index contributed by atoms with van der Waals surface area (Å²) < 4.78 is 0.964. The van der Waals surface area contributed by atoms with E-state index in [0.29, 0.717) is 6.42 Å². The molecule has 66 valence electrons. The zero-order valence-corrected chi connectivity index (χ0v) is 8.76. The van der Waals surface area contributed by atoms with Gasteiger partial charge in [-0.2, -0.15) is 0 Å². The highest BCUT2D eigenvalue weighted by Crippen LogP contribution is 2.32. The number of hydrogen-bond acceptors (Lipinski definition) is 2. The Balaban J connectivity index is 2.62. The Bertz CT molecular complexity index is 410. The lowest BCUT2D eigenvalue weighted by Gasteiger charge is -2.11. The number of fused-ring (bicyclic) bond motifs is 1. The van der Waals surface area contributed by atoms with E-state index in [9.17, 15) is 4.79 Å². The van der Waals surface area contributed by atoms with Crippen molar-refractivity contribution in [2.75, 3.05) is 0 Å². The molecule has 1 heterocycles. The average Bonchev–Trinajstić information content (AvgIpc) is 2.02. The number of Topliss-reactive ketones (excluding diaryl/α,β-unsaturated/α-hetero) is 1. The van der Waals surface area contributed by atoms with Gasteiger partial charge in [-0.3, -0.25) is 9.79 Å². The van der Waals surface area contributed by atoms with Gasteiger partial charge in [-0.1, -0.05) is 6.07 Å². The largest absolute Gasteiger partial charge is 0.293 e. The van der Waals surface area contributed by atoms with Gasteiger partial charge in [0.25, 0.3) is 0 Å². The van der Waals surface area contributed by atoms with E-state index in [-0.39, 0.29) is 5.78 Å². The molecule has 0 aromatic heterocycles. The summed E-state index contributed by atoms with van der Waals surface area (Å²) in [5.41, 5.74) is 3.06. The van der Waals surface area contributed by atoms with E-state index in [1.165, 1.54) is 6.21 Å². The number of aliphatic imine (C=N–C) groups is 1. The number of aryl methyl sites for hydroxylation is 1. The topological polar surface area (TPSA) is 29.4 Å². The Labute approximate surface area is 84.8 Å². The maximum absolute atomic E-state index is 11.1. The molecule has 0 aliphatic carbocycles. The van der Waals surface area contributed by atoms with E-state index in [1.807, 2.05) is 19.1 Å². The van der Waals surface area contributed by atoms with Gasteiger partial charge in [-0.25, -0.2) is 0 Å². The van der Waals surface area contributed by atoms with E-state index >= 15 is 0 Å². The van der Waals surface area contributed by atoms with Gasteiger partial charge in [0.05, 0.1) is 11.9 Å². The molecule has 0 fully saturated rings. The summed E-state index contributed by atoms with van der Waals surface area (Å²) in [5.74, 6) is 0.0741. The Morgan fingerprint density at radius 3 is 3.00 bits per heavy atom. The first-order chi connectivity index (χ1) is 6.16. The number of ketones is 1. The standard InChI is InChI=1S/C10H8BrNO/c1-6-2-7-4-8(13)5-12-10(7)9(11)3-6/h2-3,5H,4H2,1H3. The first kappa shape index (κ1) is 8.63. The summed E-state index contributed by atoms with van der Waals surface area (Å²) in [5, 5.41) is 0. The second kappa shape index (κ2) is 3.07. The average molecular weight is 238 g/mol. The molecule has 1 aliphatic rings. The zero-order valence-electron chi connectivity index (χ0n) is 7.17. The van der Waals surface area contributed by atoms with Crippen molar-refractivity contribution < 1.29 is 4.79 Å². The molecule has 0 unspecified atom stereocenters. The zero-order chi connectivity index (χ0) is 9.42. The molecule has 3 heteroatoms. The van der Waals surface area contributed by atoms with Gasteiger partial charge in [0, 0.05) is 10.9 Å². The van der Waals surface area contributed by atoms with Crippen LogP contribution in [0.15, 0.2) is 21.6 Å². The Hall–Kier alpha value is -0.960. The molecule has 0 atom stereocenters. The lowest BCUT2D eigenvalue weighted by Crippen LogP contribution is -2.08. The Morgan fingerprint density at radius 1 is 1.46 bits per heavy atom. The fourth-order valence-corrected chi connectivity index (χ4v) is 2.17. The summed E-state index contributed by atoms with van der Waals surface area (Å²) in [6.07, 6.45) is 1.86. The van der Waals surface area contributed by atoms with E-state index in [2.05, 4.69) is 20.9 Å². The van der Waals surface area contributed by atoms with Crippen molar-refractivity contribution in [3.8, 4) is 0 Å². The maximum atomic E-state index is 11.1. The molecule has 13 heavy (non-hydrogen) atoms. The van der Waals surface area contributed by atoms with Gasteiger partial charge in [-0.15, -0.1) is 0 Å². The third-order valence-corrected chi connectivity index (χ3v) is 2.59. The van der Waals surface area contributed by atoms with Crippen molar-refractivity contribution in [1.82, 2.24) is 0 Å². The number of carbonyl (C=O) groups excluding carboxylic acids is 1. The Kier molecular flexibility index (Phi) is 2.04. The molecule has 2 rings (SSSR count). The third kappa shape index (κ3) is 1.56. The number of hydrogen-bond donors (Lipinski definition) is 0. The molecular weight excluding hydrogens is 230 g/mol. The highest BCUT2D eigenvalue weighted by molar-refractivity contribution is 9.10. The fraction of sp³-hybridized carbons (Fsp3) is 0.200. The summed E-state index contributed by atoms with van der Waals surface area (Å²) >= 11 is 3.43. The quantitative estimate of drug-likeness (QED) is 0.683. The van der Waals surface area contributed by atoms with Crippen LogP contribution in [-0.2, 0) is 11.2 Å².